The van der Waals surface area contributed by atoms with Gasteiger partial charge in [0.05, 0.1) is 14.7 Å². The minimum Gasteiger partial charge on any atom is -0.457 e. The molecule has 0 atom stereocenters. The topological polar surface area (TPSA) is 409 Å². The third-order valence-electron chi connectivity index (χ3n) is 16.6. The zero-order valence-corrected chi connectivity index (χ0v) is 62.2. The summed E-state index contributed by atoms with van der Waals surface area (Å²) in [5, 5.41) is 39.3. The summed E-state index contributed by atoms with van der Waals surface area (Å²) in [6.07, 6.45) is 0.239. The monoisotopic (exact) mass is 1580 g/mol. The predicted molar refractivity (Wildman–Crippen MR) is 423 cm³/mol. The van der Waals surface area contributed by atoms with Gasteiger partial charge in [-0.3, -0.25) is 30.6 Å². The first-order valence-electron chi connectivity index (χ1n) is 32.6. The number of amidine groups is 3. The molecule has 0 aromatic heterocycles. The van der Waals surface area contributed by atoms with E-state index in [4.69, 9.17) is 74.7 Å². The first-order chi connectivity index (χ1) is 51.3. The normalized spacial score (nSPS) is 11.2. The Bertz CT molecular complexity index is 5270. The number of Topliss-reactive ketones (excluding diaryl/α,β-unsaturated/α-hetero) is 3. The Morgan fingerprint density at radius 1 is 0.352 bits per heavy atom. The van der Waals surface area contributed by atoms with Crippen molar-refractivity contribution in [2.75, 3.05) is 0 Å². The number of halogens is 2. The summed E-state index contributed by atoms with van der Waals surface area (Å²) in [6, 6.07) is 76.1. The summed E-state index contributed by atoms with van der Waals surface area (Å²) in [6.45, 7) is 1.93. The highest BCUT2D eigenvalue weighted by Gasteiger charge is 2.22. The summed E-state index contributed by atoms with van der Waals surface area (Å²) in [5.74, 6) is 2.29. The van der Waals surface area contributed by atoms with Crippen molar-refractivity contribution in [1.82, 2.24) is 0 Å². The molecule has 26 heteroatoms. The fourth-order valence-electron chi connectivity index (χ4n) is 11.2. The van der Waals surface area contributed by atoms with Crippen LogP contribution in [0.3, 0.4) is 0 Å². The van der Waals surface area contributed by atoms with Crippen molar-refractivity contribution < 1.29 is 53.8 Å². The maximum atomic E-state index is 13.1. The molecule has 0 aliphatic carbocycles. The van der Waals surface area contributed by atoms with Gasteiger partial charge in [-0.05, 0) is 114 Å². The molecule has 12 aromatic rings. The number of nitrogen functional groups attached to an aromatic ring is 3. The van der Waals surface area contributed by atoms with Crippen LogP contribution in [-0.2, 0) is 49.3 Å². The van der Waals surface area contributed by atoms with Crippen molar-refractivity contribution >= 4 is 92.5 Å². The van der Waals surface area contributed by atoms with Gasteiger partial charge >= 0.3 is 0 Å². The number of ketones is 3. The lowest BCUT2D eigenvalue weighted by Crippen LogP contribution is -2.13. The standard InChI is InChI=1S/C28H25N3O4S.C27H22BrN3O4S.C27H22ClN3O4S/c1-18-9-10-21(26(15-18)35-23-6-4-5-22(16-23)28(29)30)17-25(32)20-13-11-19(12-14-20)24-7-2-3-8-27(24)36(31,33)34;2*28-21-13-12-19(25(16-21)35-22-5-3-4-20(14-22)27(29)30)15-24(32)18-10-8-17(9-11-18)23-6-1-2-7-26(23)36(31,33)34/h2-16H,17H2,1H3,(H3,29,30)(H2,31,33,34);2*1-14,16H,15H2,(H3,29,30)(H2,31,33,34). The molecule has 0 unspecified atom stereocenters. The predicted octanol–water partition coefficient (Wildman–Crippen LogP) is 15.2. The van der Waals surface area contributed by atoms with E-state index < -0.39 is 30.1 Å². The van der Waals surface area contributed by atoms with Gasteiger partial charge in [0, 0.05) is 95.5 Å². The average molecular weight is 1580 g/mol. The van der Waals surface area contributed by atoms with Crippen LogP contribution >= 0.6 is 27.5 Å². The van der Waals surface area contributed by atoms with Crippen molar-refractivity contribution in [1.29, 1.82) is 16.2 Å². The van der Waals surface area contributed by atoms with E-state index >= 15 is 0 Å². The van der Waals surface area contributed by atoms with E-state index in [1.165, 1.54) is 18.2 Å². The van der Waals surface area contributed by atoms with Crippen LogP contribution in [0.15, 0.2) is 292 Å². The summed E-state index contributed by atoms with van der Waals surface area (Å²) >= 11 is 9.61. The molecule has 15 N–H and O–H groups in total. The minimum absolute atomic E-state index is 0.0147. The van der Waals surface area contributed by atoms with Crippen LogP contribution in [0.2, 0.25) is 5.02 Å². The summed E-state index contributed by atoms with van der Waals surface area (Å²) in [4.78, 5) is 39.3. The first kappa shape index (κ1) is 78.5. The average Bonchev–Trinajstić information content (AvgIpc) is 0.803. The Morgan fingerprint density at radius 3 is 0.972 bits per heavy atom. The molecule has 12 aromatic carbocycles. The van der Waals surface area contributed by atoms with Gasteiger partial charge in [-0.1, -0.05) is 216 Å². The third-order valence-corrected chi connectivity index (χ3v) is 20.2. The van der Waals surface area contributed by atoms with Gasteiger partial charge in [0.2, 0.25) is 30.1 Å². The Balaban J connectivity index is 0.000000173. The van der Waals surface area contributed by atoms with Gasteiger partial charge in [-0.2, -0.15) is 0 Å². The van der Waals surface area contributed by atoms with Crippen LogP contribution in [0.5, 0.6) is 34.5 Å². The van der Waals surface area contributed by atoms with Crippen LogP contribution in [0.1, 0.15) is 70.0 Å². The van der Waals surface area contributed by atoms with E-state index in [2.05, 4.69) is 15.9 Å². The van der Waals surface area contributed by atoms with E-state index in [0.29, 0.717) is 123 Å². The summed E-state index contributed by atoms with van der Waals surface area (Å²) < 4.78 is 90.5. The number of nitrogens with one attached hydrogen (secondary N) is 3. The SMILES string of the molecule is Cc1ccc(CC(=O)c2ccc(-c3ccccc3S(N)(=O)=O)cc2)c(Oc2cccc(C(=N)N)c2)c1.N=C(N)c1cccc(Oc2cc(Br)ccc2CC(=O)c2ccc(-c3ccccc3S(N)(=O)=O)cc2)c1.N=C(N)c1cccc(Oc2cc(Cl)ccc2CC(=O)c2ccc(-c3ccccc3S(N)(=O)=O)cc2)c1. The molecule has 0 spiro atoms. The molecule has 0 amide bonds. The van der Waals surface area contributed by atoms with Gasteiger partial charge in [0.15, 0.2) is 17.3 Å². The Hall–Kier alpha value is -12.0. The summed E-state index contributed by atoms with van der Waals surface area (Å²) in [7, 11) is -11.7. The molecule has 21 nitrogen and oxygen atoms in total. The highest BCUT2D eigenvalue weighted by atomic mass is 79.9. The highest BCUT2D eigenvalue weighted by molar-refractivity contribution is 9.10. The lowest BCUT2D eigenvalue weighted by molar-refractivity contribution is 0.0984. The molecule has 0 aliphatic rings. The largest absolute Gasteiger partial charge is 0.457 e. The zero-order chi connectivity index (χ0) is 77.6. The number of benzene rings is 12. The number of sulfonamides is 3. The van der Waals surface area contributed by atoms with E-state index in [9.17, 15) is 39.6 Å². The fraction of sp³-hybridized carbons (Fsp3) is 0.0488. The molecule has 0 aliphatic heterocycles. The van der Waals surface area contributed by atoms with Gasteiger partial charge in [0.25, 0.3) is 0 Å². The number of hydrogen-bond acceptors (Lipinski definition) is 15. The number of hydrogen-bond donors (Lipinski definition) is 9. The van der Waals surface area contributed by atoms with E-state index in [0.717, 1.165) is 10.0 Å². The zero-order valence-electron chi connectivity index (χ0n) is 57.4. The smallest absolute Gasteiger partial charge is 0.238 e. The number of aryl methyl sites for hydroxylation is 1. The summed E-state index contributed by atoms with van der Waals surface area (Å²) in [5.41, 5.74) is 26.0. The lowest BCUT2D eigenvalue weighted by atomic mass is 9.98. The second kappa shape index (κ2) is 34.5. The van der Waals surface area contributed by atoms with Crippen molar-refractivity contribution in [3.63, 3.8) is 0 Å². The number of nitrogens with two attached hydrogens (primary N) is 6. The molecular formula is C82H69BrClN9O12S3. The second-order valence-electron chi connectivity index (χ2n) is 24.4. The molecular weight excluding hydrogens is 1510 g/mol. The van der Waals surface area contributed by atoms with Gasteiger partial charge in [0.1, 0.15) is 52.0 Å². The maximum Gasteiger partial charge on any atom is 0.238 e. The van der Waals surface area contributed by atoms with Gasteiger partial charge in [-0.25, -0.2) is 40.7 Å². The number of ether oxygens (including phenoxy) is 3. The quantitative estimate of drug-likeness (QED) is 0.0154. The molecule has 0 heterocycles. The van der Waals surface area contributed by atoms with Crippen LogP contribution in [0, 0.1) is 23.2 Å². The molecule has 0 saturated carbocycles. The van der Waals surface area contributed by atoms with E-state index in [1.54, 1.807) is 224 Å². The number of carbonyl (C=O) groups excluding carboxylic acids is 3. The van der Waals surface area contributed by atoms with Crippen LogP contribution in [0.4, 0.5) is 0 Å². The van der Waals surface area contributed by atoms with Gasteiger partial charge < -0.3 is 31.4 Å². The maximum absolute atomic E-state index is 13.1. The molecule has 108 heavy (non-hydrogen) atoms. The van der Waals surface area contributed by atoms with Crippen LogP contribution < -0.4 is 46.8 Å². The molecule has 0 fully saturated rings. The van der Waals surface area contributed by atoms with E-state index in [-0.39, 0.29) is 68.8 Å². The number of primary sulfonamides is 3. The fourth-order valence-corrected chi connectivity index (χ4v) is 14.0. The highest BCUT2D eigenvalue weighted by Crippen LogP contribution is 2.36. The first-order valence-corrected chi connectivity index (χ1v) is 38.5. The van der Waals surface area contributed by atoms with Crippen LogP contribution in [0.25, 0.3) is 33.4 Å². The number of carbonyl (C=O) groups is 3. The molecule has 0 radical (unpaired) electrons. The van der Waals surface area contributed by atoms with Gasteiger partial charge in [-0.15, -0.1) is 0 Å². The van der Waals surface area contributed by atoms with Crippen molar-refractivity contribution in [3.05, 3.63) is 338 Å². The molecule has 0 bridgehead atoms. The molecule has 0 saturated heterocycles. The van der Waals surface area contributed by atoms with Crippen molar-refractivity contribution in [2.45, 2.75) is 40.9 Å². The molecule has 12 rings (SSSR count). The number of rotatable bonds is 24. The Morgan fingerprint density at radius 2 is 0.648 bits per heavy atom. The van der Waals surface area contributed by atoms with Crippen molar-refractivity contribution in [3.8, 4) is 67.9 Å². The Labute approximate surface area is 637 Å². The lowest BCUT2D eigenvalue weighted by Gasteiger charge is -2.13. The van der Waals surface area contributed by atoms with Crippen LogP contribution in [-0.4, -0.2) is 60.1 Å². The second-order valence-corrected chi connectivity index (χ2v) is 30.3. The Kier molecular flexibility index (Phi) is 25.1. The van der Waals surface area contributed by atoms with E-state index in [1.807, 2.05) is 37.3 Å². The van der Waals surface area contributed by atoms with Crippen molar-refractivity contribution in [2.24, 2.45) is 32.6 Å². The molecule has 546 valence electrons. The minimum atomic E-state index is -3.90. The third kappa shape index (κ3) is 20.7.